The lowest BCUT2D eigenvalue weighted by Gasteiger charge is -2.22. The second kappa shape index (κ2) is 14.7. The SMILES string of the molecule is CCC(COc1c2ccccc2c(OCC(CC)OC(=O)c2ccc3ccccc3c2)c2ccccc12)OC(=O)c1ccc2ccccc2c1. The lowest BCUT2D eigenvalue weighted by atomic mass is 10.0. The van der Waals surface area contributed by atoms with E-state index in [2.05, 4.69) is 0 Å². The predicted octanol–water partition coefficient (Wildman–Crippen LogP) is 10.3. The molecule has 0 amide bonds. The molecule has 0 aliphatic carbocycles. The van der Waals surface area contributed by atoms with Crippen LogP contribution in [-0.2, 0) is 9.47 Å². The Morgan fingerprint density at radius 2 is 0.800 bits per heavy atom. The summed E-state index contributed by atoms with van der Waals surface area (Å²) in [6.45, 7) is 4.33. The lowest BCUT2D eigenvalue weighted by molar-refractivity contribution is 0.0159. The van der Waals surface area contributed by atoms with E-state index in [1.807, 2.05) is 135 Å². The van der Waals surface area contributed by atoms with Crippen LogP contribution in [0.3, 0.4) is 0 Å². The Morgan fingerprint density at radius 1 is 0.460 bits per heavy atom. The standard InChI is InChI=1S/C44H38O6/c1-3-35(49-43(45)33-23-21-29-13-5-7-15-31(29)25-33)27-47-41-37-17-9-11-19-39(37)42(40-20-12-10-18-38(40)41)48-28-36(4-2)50-44(46)34-24-22-30-14-6-8-16-32(30)26-34/h5-26,35-36H,3-4,27-28H2,1-2H3. The van der Waals surface area contributed by atoms with Crippen LogP contribution in [0.25, 0.3) is 43.1 Å². The van der Waals surface area contributed by atoms with Crippen LogP contribution in [-0.4, -0.2) is 37.4 Å². The molecule has 0 saturated carbocycles. The molecule has 0 spiro atoms. The number of ether oxygens (including phenoxy) is 4. The Kier molecular flexibility index (Phi) is 9.61. The normalized spacial score (nSPS) is 12.5. The molecule has 6 heteroatoms. The van der Waals surface area contributed by atoms with Crippen molar-refractivity contribution in [2.45, 2.75) is 38.9 Å². The average Bonchev–Trinajstić information content (AvgIpc) is 3.17. The fourth-order valence-corrected chi connectivity index (χ4v) is 6.25. The quantitative estimate of drug-likeness (QED) is 0.0958. The molecule has 2 unspecified atom stereocenters. The summed E-state index contributed by atoms with van der Waals surface area (Å²) in [6.07, 6.45) is 0.273. The van der Waals surface area contributed by atoms with Gasteiger partial charge >= 0.3 is 11.9 Å². The number of benzene rings is 7. The van der Waals surface area contributed by atoms with Crippen molar-refractivity contribution < 1.29 is 28.5 Å². The van der Waals surface area contributed by atoms with Gasteiger partial charge in [0.2, 0.25) is 0 Å². The highest BCUT2D eigenvalue weighted by Gasteiger charge is 2.22. The monoisotopic (exact) mass is 662 g/mol. The minimum atomic E-state index is -0.454. The summed E-state index contributed by atoms with van der Waals surface area (Å²) in [7, 11) is 0. The molecular weight excluding hydrogens is 624 g/mol. The molecule has 0 N–H and O–H groups in total. The molecule has 7 rings (SSSR count). The molecule has 7 aromatic carbocycles. The van der Waals surface area contributed by atoms with E-state index in [9.17, 15) is 9.59 Å². The largest absolute Gasteiger partial charge is 0.488 e. The van der Waals surface area contributed by atoms with Gasteiger partial charge in [-0.15, -0.1) is 0 Å². The summed E-state index contributed by atoms with van der Waals surface area (Å²) >= 11 is 0. The third-order valence-electron chi connectivity index (χ3n) is 9.09. The Morgan fingerprint density at radius 3 is 1.16 bits per heavy atom. The fraction of sp³-hybridized carbons (Fsp3) is 0.182. The molecule has 2 atom stereocenters. The molecule has 6 nitrogen and oxygen atoms in total. The molecule has 50 heavy (non-hydrogen) atoms. The molecule has 0 aliphatic heterocycles. The number of hydrogen-bond donors (Lipinski definition) is 0. The molecule has 0 aliphatic rings. The number of esters is 2. The zero-order chi connectivity index (χ0) is 34.5. The van der Waals surface area contributed by atoms with E-state index in [0.29, 0.717) is 35.5 Å². The highest BCUT2D eigenvalue weighted by Crippen LogP contribution is 2.43. The average molecular weight is 663 g/mol. The summed E-state index contributed by atoms with van der Waals surface area (Å²) in [5.41, 5.74) is 1.01. The maximum atomic E-state index is 13.2. The summed E-state index contributed by atoms with van der Waals surface area (Å²) in [5, 5.41) is 7.60. The highest BCUT2D eigenvalue weighted by atomic mass is 16.6. The highest BCUT2D eigenvalue weighted by molar-refractivity contribution is 6.11. The van der Waals surface area contributed by atoms with Gasteiger partial charge in [0.05, 0.1) is 11.1 Å². The van der Waals surface area contributed by atoms with Crippen LogP contribution in [0.5, 0.6) is 11.5 Å². The van der Waals surface area contributed by atoms with Gasteiger partial charge in [0.15, 0.2) is 0 Å². The van der Waals surface area contributed by atoms with Crippen LogP contribution in [0, 0.1) is 0 Å². The lowest BCUT2D eigenvalue weighted by Crippen LogP contribution is -2.25. The summed E-state index contributed by atoms with van der Waals surface area (Å²) in [4.78, 5) is 26.3. The first-order chi connectivity index (χ1) is 24.5. The minimum absolute atomic E-state index is 0.187. The molecular formula is C44H38O6. The van der Waals surface area contributed by atoms with Crippen LogP contribution in [0.2, 0.25) is 0 Å². The first-order valence-electron chi connectivity index (χ1n) is 17.1. The number of carbonyl (C=O) groups is 2. The van der Waals surface area contributed by atoms with Gasteiger partial charge in [-0.1, -0.05) is 123 Å². The number of rotatable bonds is 12. The molecule has 0 saturated heterocycles. The second-order valence-electron chi connectivity index (χ2n) is 12.4. The molecule has 0 bridgehead atoms. The van der Waals surface area contributed by atoms with Crippen LogP contribution >= 0.6 is 0 Å². The first-order valence-corrected chi connectivity index (χ1v) is 17.1. The maximum Gasteiger partial charge on any atom is 0.338 e. The van der Waals surface area contributed by atoms with Crippen molar-refractivity contribution in [3.63, 3.8) is 0 Å². The van der Waals surface area contributed by atoms with Gasteiger partial charge in [0.1, 0.15) is 36.9 Å². The fourth-order valence-electron chi connectivity index (χ4n) is 6.25. The van der Waals surface area contributed by atoms with Crippen molar-refractivity contribution in [1.82, 2.24) is 0 Å². The van der Waals surface area contributed by atoms with Crippen molar-refractivity contribution in [3.05, 3.63) is 145 Å². The van der Waals surface area contributed by atoms with E-state index in [4.69, 9.17) is 18.9 Å². The molecule has 0 aromatic heterocycles. The third kappa shape index (κ3) is 6.83. The summed E-state index contributed by atoms with van der Waals surface area (Å²) in [5.74, 6) is 0.630. The van der Waals surface area contributed by atoms with E-state index in [-0.39, 0.29) is 25.2 Å². The Balaban J connectivity index is 1.10. The molecule has 0 heterocycles. The van der Waals surface area contributed by atoms with Crippen molar-refractivity contribution in [3.8, 4) is 11.5 Å². The van der Waals surface area contributed by atoms with E-state index in [0.717, 1.165) is 43.1 Å². The number of carbonyl (C=O) groups excluding carboxylic acids is 2. The maximum absolute atomic E-state index is 13.2. The van der Waals surface area contributed by atoms with Crippen LogP contribution < -0.4 is 9.47 Å². The molecule has 250 valence electrons. The van der Waals surface area contributed by atoms with Crippen molar-refractivity contribution in [1.29, 1.82) is 0 Å². The Labute approximate surface area is 291 Å². The van der Waals surface area contributed by atoms with Gasteiger partial charge in [-0.3, -0.25) is 0 Å². The predicted molar refractivity (Wildman–Crippen MR) is 199 cm³/mol. The summed E-state index contributed by atoms with van der Waals surface area (Å²) in [6, 6.07) is 42.9. The van der Waals surface area contributed by atoms with Crippen LogP contribution in [0.15, 0.2) is 133 Å². The second-order valence-corrected chi connectivity index (χ2v) is 12.4. The van der Waals surface area contributed by atoms with E-state index >= 15 is 0 Å². The van der Waals surface area contributed by atoms with Crippen molar-refractivity contribution in [2.24, 2.45) is 0 Å². The molecule has 7 aromatic rings. The van der Waals surface area contributed by atoms with E-state index in [1.165, 1.54) is 0 Å². The van der Waals surface area contributed by atoms with Gasteiger partial charge < -0.3 is 18.9 Å². The van der Waals surface area contributed by atoms with Gasteiger partial charge in [-0.2, -0.15) is 0 Å². The van der Waals surface area contributed by atoms with Crippen LogP contribution in [0.4, 0.5) is 0 Å². The Bertz CT molecular complexity index is 2110. The van der Waals surface area contributed by atoms with Crippen molar-refractivity contribution >= 4 is 55.0 Å². The van der Waals surface area contributed by atoms with Crippen LogP contribution in [0.1, 0.15) is 47.4 Å². The minimum Gasteiger partial charge on any atom is -0.488 e. The smallest absolute Gasteiger partial charge is 0.338 e. The zero-order valence-electron chi connectivity index (χ0n) is 28.1. The molecule has 0 radical (unpaired) electrons. The van der Waals surface area contributed by atoms with Gasteiger partial charge in [0, 0.05) is 21.5 Å². The first kappa shape index (κ1) is 32.7. The van der Waals surface area contributed by atoms with Gasteiger partial charge in [-0.05, 0) is 58.7 Å². The van der Waals surface area contributed by atoms with Crippen molar-refractivity contribution in [2.75, 3.05) is 13.2 Å². The van der Waals surface area contributed by atoms with Gasteiger partial charge in [-0.25, -0.2) is 9.59 Å². The number of hydrogen-bond acceptors (Lipinski definition) is 6. The topological polar surface area (TPSA) is 71.1 Å². The zero-order valence-corrected chi connectivity index (χ0v) is 28.1. The van der Waals surface area contributed by atoms with E-state index in [1.54, 1.807) is 12.1 Å². The van der Waals surface area contributed by atoms with Gasteiger partial charge in [0.25, 0.3) is 0 Å². The third-order valence-corrected chi connectivity index (χ3v) is 9.09. The van der Waals surface area contributed by atoms with E-state index < -0.39 is 12.2 Å². The molecule has 0 fully saturated rings. The summed E-state index contributed by atoms with van der Waals surface area (Å²) < 4.78 is 24.9. The Hall–Kier alpha value is -5.88. The number of fused-ring (bicyclic) bond motifs is 4.